The number of benzene rings is 1. The van der Waals surface area contributed by atoms with E-state index >= 15 is 0 Å². The summed E-state index contributed by atoms with van der Waals surface area (Å²) in [4.78, 5) is 11.8. The first-order valence-electron chi connectivity index (χ1n) is 6.77. The summed E-state index contributed by atoms with van der Waals surface area (Å²) in [7, 11) is 1.64. The summed E-state index contributed by atoms with van der Waals surface area (Å²) in [6.07, 6.45) is 2.47. The van der Waals surface area contributed by atoms with Crippen LogP contribution in [0.3, 0.4) is 0 Å². The fourth-order valence-electron chi connectivity index (χ4n) is 1.79. The Balaban J connectivity index is 2.32. The molecule has 1 unspecified atom stereocenters. The molecular formula is C15H24N2O2. The third-order valence-electron chi connectivity index (χ3n) is 3.10. The first-order valence-corrected chi connectivity index (χ1v) is 6.77. The molecule has 0 aliphatic heterocycles. The minimum atomic E-state index is -0.454. The van der Waals surface area contributed by atoms with Crippen molar-refractivity contribution in [3.63, 3.8) is 0 Å². The van der Waals surface area contributed by atoms with Crippen LogP contribution in [0, 0.1) is 0 Å². The quantitative estimate of drug-likeness (QED) is 0.701. The summed E-state index contributed by atoms with van der Waals surface area (Å²) in [6, 6.07) is 7.79. The van der Waals surface area contributed by atoms with Crippen LogP contribution in [0.15, 0.2) is 24.3 Å². The number of hydrogen-bond donors (Lipinski definition) is 2. The molecule has 3 N–H and O–H groups in total. The van der Waals surface area contributed by atoms with E-state index < -0.39 is 6.04 Å². The molecule has 0 spiro atoms. The number of amides is 1. The summed E-state index contributed by atoms with van der Waals surface area (Å²) in [5.74, 6) is -0.101. The van der Waals surface area contributed by atoms with Gasteiger partial charge in [-0.1, -0.05) is 31.2 Å². The average molecular weight is 264 g/mol. The molecule has 0 aliphatic rings. The zero-order valence-corrected chi connectivity index (χ0v) is 11.8. The highest BCUT2D eigenvalue weighted by molar-refractivity contribution is 5.81. The number of aryl methyl sites for hydroxylation is 1. The van der Waals surface area contributed by atoms with Gasteiger partial charge in [0, 0.05) is 20.3 Å². The van der Waals surface area contributed by atoms with E-state index in [1.54, 1.807) is 7.11 Å². The van der Waals surface area contributed by atoms with Crippen LogP contribution in [0.25, 0.3) is 0 Å². The molecule has 0 aliphatic carbocycles. The van der Waals surface area contributed by atoms with Gasteiger partial charge in [-0.25, -0.2) is 0 Å². The Hall–Kier alpha value is -1.39. The number of nitrogens with two attached hydrogens (primary N) is 1. The van der Waals surface area contributed by atoms with E-state index in [9.17, 15) is 4.79 Å². The number of methoxy groups -OCH3 is 1. The molecule has 19 heavy (non-hydrogen) atoms. The standard InChI is InChI=1S/C15H24N2O2/c1-3-12-6-8-13(9-7-12)11-17-15(18)14(16)5-4-10-19-2/h6-9,14H,3-5,10-11,16H2,1-2H3,(H,17,18). The molecule has 1 rings (SSSR count). The molecule has 4 nitrogen and oxygen atoms in total. The van der Waals surface area contributed by atoms with Gasteiger partial charge in [-0.2, -0.15) is 0 Å². The van der Waals surface area contributed by atoms with Gasteiger partial charge in [0.1, 0.15) is 0 Å². The van der Waals surface area contributed by atoms with Crippen LogP contribution >= 0.6 is 0 Å². The Bertz CT molecular complexity index is 376. The lowest BCUT2D eigenvalue weighted by Gasteiger charge is -2.12. The summed E-state index contributed by atoms with van der Waals surface area (Å²) < 4.78 is 4.94. The number of rotatable bonds is 8. The fraction of sp³-hybridized carbons (Fsp3) is 0.533. The zero-order chi connectivity index (χ0) is 14.1. The number of ether oxygens (including phenoxy) is 1. The van der Waals surface area contributed by atoms with Gasteiger partial charge in [0.2, 0.25) is 5.91 Å². The lowest BCUT2D eigenvalue weighted by molar-refractivity contribution is -0.122. The van der Waals surface area contributed by atoms with E-state index in [1.807, 2.05) is 12.1 Å². The van der Waals surface area contributed by atoms with Crippen molar-refractivity contribution < 1.29 is 9.53 Å². The maximum atomic E-state index is 11.8. The minimum absolute atomic E-state index is 0.101. The molecule has 0 saturated heterocycles. The van der Waals surface area contributed by atoms with Gasteiger partial charge in [0.25, 0.3) is 0 Å². The highest BCUT2D eigenvalue weighted by Gasteiger charge is 2.12. The van der Waals surface area contributed by atoms with E-state index in [4.69, 9.17) is 10.5 Å². The highest BCUT2D eigenvalue weighted by atomic mass is 16.5. The number of carbonyl (C=O) groups excluding carboxylic acids is 1. The molecule has 0 saturated carbocycles. The van der Waals surface area contributed by atoms with Crippen LogP contribution < -0.4 is 11.1 Å². The van der Waals surface area contributed by atoms with Crippen molar-refractivity contribution >= 4 is 5.91 Å². The Morgan fingerprint density at radius 1 is 1.32 bits per heavy atom. The second-order valence-corrected chi connectivity index (χ2v) is 4.63. The number of nitrogens with one attached hydrogen (secondary N) is 1. The van der Waals surface area contributed by atoms with Gasteiger partial charge in [-0.05, 0) is 30.4 Å². The van der Waals surface area contributed by atoms with Crippen LogP contribution in [-0.4, -0.2) is 25.7 Å². The monoisotopic (exact) mass is 264 g/mol. The van der Waals surface area contributed by atoms with Crippen molar-refractivity contribution in [3.8, 4) is 0 Å². The molecule has 1 aromatic carbocycles. The Morgan fingerprint density at radius 3 is 2.53 bits per heavy atom. The van der Waals surface area contributed by atoms with Gasteiger partial charge >= 0.3 is 0 Å². The predicted octanol–water partition coefficient (Wildman–Crippen LogP) is 1.62. The third-order valence-corrected chi connectivity index (χ3v) is 3.10. The second-order valence-electron chi connectivity index (χ2n) is 4.63. The van der Waals surface area contributed by atoms with Crippen molar-refractivity contribution in [3.05, 3.63) is 35.4 Å². The van der Waals surface area contributed by atoms with Crippen LogP contribution in [0.5, 0.6) is 0 Å². The summed E-state index contributed by atoms with van der Waals surface area (Å²) in [5.41, 5.74) is 8.19. The highest BCUT2D eigenvalue weighted by Crippen LogP contribution is 2.05. The van der Waals surface area contributed by atoms with Gasteiger partial charge in [0.15, 0.2) is 0 Å². The average Bonchev–Trinajstić information content (AvgIpc) is 2.45. The molecular weight excluding hydrogens is 240 g/mol. The molecule has 1 atom stereocenters. The van der Waals surface area contributed by atoms with Gasteiger partial charge in [-0.3, -0.25) is 4.79 Å². The van der Waals surface area contributed by atoms with Crippen LogP contribution in [0.4, 0.5) is 0 Å². The Morgan fingerprint density at radius 2 is 1.95 bits per heavy atom. The first kappa shape index (κ1) is 15.7. The summed E-state index contributed by atoms with van der Waals surface area (Å²) in [5, 5.41) is 2.86. The Labute approximate surface area is 115 Å². The maximum Gasteiger partial charge on any atom is 0.237 e. The number of hydrogen-bond acceptors (Lipinski definition) is 3. The van der Waals surface area contributed by atoms with Gasteiger partial charge in [0.05, 0.1) is 6.04 Å². The SMILES string of the molecule is CCc1ccc(CNC(=O)C(N)CCCOC)cc1. The largest absolute Gasteiger partial charge is 0.385 e. The van der Waals surface area contributed by atoms with E-state index in [0.29, 0.717) is 19.6 Å². The molecule has 0 heterocycles. The first-order chi connectivity index (χ1) is 9.17. The van der Waals surface area contributed by atoms with Gasteiger partial charge in [-0.15, -0.1) is 0 Å². The van der Waals surface area contributed by atoms with Gasteiger partial charge < -0.3 is 15.8 Å². The molecule has 0 fully saturated rings. The molecule has 0 radical (unpaired) electrons. The third kappa shape index (κ3) is 5.85. The van der Waals surface area contributed by atoms with E-state index in [-0.39, 0.29) is 5.91 Å². The van der Waals surface area contributed by atoms with E-state index in [0.717, 1.165) is 18.4 Å². The molecule has 106 valence electrons. The summed E-state index contributed by atoms with van der Waals surface area (Å²) in [6.45, 7) is 3.29. The second kappa shape index (κ2) is 8.67. The van der Waals surface area contributed by atoms with Crippen molar-refractivity contribution in [2.75, 3.05) is 13.7 Å². The van der Waals surface area contributed by atoms with Crippen molar-refractivity contribution in [1.29, 1.82) is 0 Å². The fourth-order valence-corrected chi connectivity index (χ4v) is 1.79. The molecule has 0 aromatic heterocycles. The predicted molar refractivity (Wildman–Crippen MR) is 76.8 cm³/mol. The zero-order valence-electron chi connectivity index (χ0n) is 11.8. The van der Waals surface area contributed by atoms with Crippen molar-refractivity contribution in [1.82, 2.24) is 5.32 Å². The maximum absolute atomic E-state index is 11.8. The lowest BCUT2D eigenvalue weighted by Crippen LogP contribution is -2.40. The topological polar surface area (TPSA) is 64.4 Å². The molecule has 1 aromatic rings. The van der Waals surface area contributed by atoms with Crippen LogP contribution in [0.2, 0.25) is 0 Å². The molecule has 1 amide bonds. The van der Waals surface area contributed by atoms with Crippen LogP contribution in [0.1, 0.15) is 30.9 Å². The van der Waals surface area contributed by atoms with Crippen molar-refractivity contribution in [2.24, 2.45) is 5.73 Å². The van der Waals surface area contributed by atoms with E-state index in [2.05, 4.69) is 24.4 Å². The molecule has 4 heteroatoms. The minimum Gasteiger partial charge on any atom is -0.385 e. The Kier molecular flexibility index (Phi) is 7.15. The summed E-state index contributed by atoms with van der Waals surface area (Å²) >= 11 is 0. The smallest absolute Gasteiger partial charge is 0.237 e. The van der Waals surface area contributed by atoms with Crippen LogP contribution in [-0.2, 0) is 22.5 Å². The normalized spacial score (nSPS) is 12.2. The van der Waals surface area contributed by atoms with Crippen molar-refractivity contribution in [2.45, 2.75) is 38.8 Å². The lowest BCUT2D eigenvalue weighted by atomic mass is 10.1. The number of carbonyl (C=O) groups is 1. The molecule has 0 bridgehead atoms. The van der Waals surface area contributed by atoms with E-state index in [1.165, 1.54) is 5.56 Å².